The van der Waals surface area contributed by atoms with E-state index in [1.807, 2.05) is 18.2 Å². The summed E-state index contributed by atoms with van der Waals surface area (Å²) in [6.07, 6.45) is 4.14. The maximum absolute atomic E-state index is 12.2. The van der Waals surface area contributed by atoms with E-state index in [1.165, 1.54) is 16.9 Å². The zero-order valence-corrected chi connectivity index (χ0v) is 17.2. The van der Waals surface area contributed by atoms with Crippen LogP contribution in [-0.4, -0.2) is 27.3 Å². The fourth-order valence-corrected chi connectivity index (χ4v) is 5.51. The van der Waals surface area contributed by atoms with E-state index < -0.39 is 0 Å². The Morgan fingerprint density at radius 3 is 2.86 bits per heavy atom. The average molecular weight is 411 g/mol. The highest BCUT2D eigenvalue weighted by molar-refractivity contribution is 7.15. The molecule has 0 bridgehead atoms. The van der Waals surface area contributed by atoms with Crippen molar-refractivity contribution in [2.75, 3.05) is 11.9 Å². The van der Waals surface area contributed by atoms with E-state index in [0.717, 1.165) is 60.4 Å². The minimum Gasteiger partial charge on any atom is -0.302 e. The summed E-state index contributed by atoms with van der Waals surface area (Å²) < 4.78 is 0. The van der Waals surface area contributed by atoms with Gasteiger partial charge in [0.2, 0.25) is 5.91 Å². The Morgan fingerprint density at radius 1 is 1.21 bits per heavy atom. The van der Waals surface area contributed by atoms with Crippen molar-refractivity contribution < 1.29 is 4.79 Å². The number of carbonyl (C=O) groups excluding carboxylic acids is 1. The van der Waals surface area contributed by atoms with Gasteiger partial charge >= 0.3 is 0 Å². The Bertz CT molecular complexity index is 977. The zero-order chi connectivity index (χ0) is 18.9. The molecule has 1 aliphatic heterocycles. The van der Waals surface area contributed by atoms with Crippen LogP contribution in [0.15, 0.2) is 35.7 Å². The van der Waals surface area contributed by atoms with Crippen LogP contribution in [-0.2, 0) is 24.3 Å². The van der Waals surface area contributed by atoms with Gasteiger partial charge in [-0.25, -0.2) is 9.97 Å². The maximum Gasteiger partial charge on any atom is 0.229 e. The molecular formula is C21H22N4OS2. The molecule has 0 unspecified atom stereocenters. The van der Waals surface area contributed by atoms with Gasteiger partial charge < -0.3 is 5.32 Å². The first-order valence-electron chi connectivity index (χ1n) is 9.76. The number of nitrogens with one attached hydrogen (secondary N) is 1. The SMILES string of the molecule is O=C(Nc1nc2c(s1)CN(Cc1csc(-c3ccccc3)n1)CC2)C1CCC1. The number of nitrogens with zero attached hydrogens (tertiary/aromatic N) is 3. The lowest BCUT2D eigenvalue weighted by atomic mass is 9.85. The molecule has 1 aromatic carbocycles. The first-order chi connectivity index (χ1) is 13.7. The topological polar surface area (TPSA) is 58.1 Å². The van der Waals surface area contributed by atoms with Crippen molar-refractivity contribution in [2.45, 2.75) is 38.8 Å². The lowest BCUT2D eigenvalue weighted by Gasteiger charge is -2.24. The number of carbonyl (C=O) groups is 1. The van der Waals surface area contributed by atoms with Gasteiger partial charge in [0.25, 0.3) is 0 Å². The van der Waals surface area contributed by atoms with Crippen molar-refractivity contribution >= 4 is 33.7 Å². The molecule has 0 saturated heterocycles. The van der Waals surface area contributed by atoms with Crippen LogP contribution < -0.4 is 5.32 Å². The van der Waals surface area contributed by atoms with Gasteiger partial charge in [-0.15, -0.1) is 22.7 Å². The molecule has 1 aliphatic carbocycles. The van der Waals surface area contributed by atoms with E-state index in [9.17, 15) is 4.79 Å². The van der Waals surface area contributed by atoms with Crippen molar-refractivity contribution in [2.24, 2.45) is 5.92 Å². The number of benzene rings is 1. The number of aromatic nitrogens is 2. The first-order valence-corrected chi connectivity index (χ1v) is 11.5. The van der Waals surface area contributed by atoms with Gasteiger partial charge in [-0.05, 0) is 12.8 Å². The first kappa shape index (κ1) is 18.0. The lowest BCUT2D eigenvalue weighted by Crippen LogP contribution is -2.29. The van der Waals surface area contributed by atoms with E-state index >= 15 is 0 Å². The Labute approximate surface area is 172 Å². The summed E-state index contributed by atoms with van der Waals surface area (Å²) in [5.74, 6) is 0.339. The van der Waals surface area contributed by atoms with Crippen molar-refractivity contribution in [1.29, 1.82) is 0 Å². The number of anilines is 1. The molecule has 1 N–H and O–H groups in total. The molecule has 1 fully saturated rings. The normalized spacial score (nSPS) is 17.1. The van der Waals surface area contributed by atoms with Crippen LogP contribution in [0.2, 0.25) is 0 Å². The van der Waals surface area contributed by atoms with Crippen molar-refractivity contribution in [1.82, 2.24) is 14.9 Å². The molecule has 0 radical (unpaired) electrons. The van der Waals surface area contributed by atoms with Gasteiger partial charge in [0.05, 0.1) is 11.4 Å². The molecular weight excluding hydrogens is 388 g/mol. The van der Waals surface area contributed by atoms with Crippen LogP contribution in [0.4, 0.5) is 5.13 Å². The molecule has 28 heavy (non-hydrogen) atoms. The number of amides is 1. The fraction of sp³-hybridized carbons (Fsp3) is 0.381. The largest absolute Gasteiger partial charge is 0.302 e. The van der Waals surface area contributed by atoms with Crippen molar-refractivity contribution in [3.63, 3.8) is 0 Å². The van der Waals surface area contributed by atoms with Crippen LogP contribution in [0.5, 0.6) is 0 Å². The molecule has 144 valence electrons. The molecule has 2 aliphatic rings. The third-order valence-corrected chi connectivity index (χ3v) is 7.41. The van der Waals surface area contributed by atoms with Gasteiger partial charge in [-0.2, -0.15) is 0 Å². The highest BCUT2D eigenvalue weighted by Gasteiger charge is 2.27. The average Bonchev–Trinajstić information content (AvgIpc) is 3.27. The van der Waals surface area contributed by atoms with E-state index in [1.54, 1.807) is 22.7 Å². The second kappa shape index (κ2) is 7.73. The Balaban J connectivity index is 1.22. The van der Waals surface area contributed by atoms with Gasteiger partial charge in [0.15, 0.2) is 5.13 Å². The maximum atomic E-state index is 12.2. The smallest absolute Gasteiger partial charge is 0.229 e. The minimum atomic E-state index is 0.144. The molecule has 2 aromatic heterocycles. The summed E-state index contributed by atoms with van der Waals surface area (Å²) >= 11 is 3.33. The second-order valence-electron chi connectivity index (χ2n) is 7.48. The highest BCUT2D eigenvalue weighted by Crippen LogP contribution is 2.32. The predicted octanol–water partition coefficient (Wildman–Crippen LogP) is 4.56. The Kier molecular flexibility index (Phi) is 4.96. The van der Waals surface area contributed by atoms with Gasteiger partial charge in [-0.1, -0.05) is 36.8 Å². The zero-order valence-electron chi connectivity index (χ0n) is 15.6. The quantitative estimate of drug-likeness (QED) is 0.670. The summed E-state index contributed by atoms with van der Waals surface area (Å²) in [7, 11) is 0. The molecule has 1 amide bonds. The van der Waals surface area contributed by atoms with Gasteiger partial charge in [0, 0.05) is 47.8 Å². The van der Waals surface area contributed by atoms with Crippen LogP contribution >= 0.6 is 22.7 Å². The van der Waals surface area contributed by atoms with E-state index in [4.69, 9.17) is 4.98 Å². The summed E-state index contributed by atoms with van der Waals surface area (Å²) in [6, 6.07) is 10.3. The number of thiazole rings is 2. The van der Waals surface area contributed by atoms with E-state index in [0.29, 0.717) is 0 Å². The molecule has 5 rings (SSSR count). The third kappa shape index (κ3) is 3.74. The summed E-state index contributed by atoms with van der Waals surface area (Å²) in [5.41, 5.74) is 3.44. The van der Waals surface area contributed by atoms with E-state index in [-0.39, 0.29) is 11.8 Å². The molecule has 3 heterocycles. The standard InChI is InChI=1S/C21H22N4OS2/c26-19(14-7-4-8-14)24-21-23-17-9-10-25(12-18(17)28-21)11-16-13-27-20(22-16)15-5-2-1-3-6-15/h1-3,5-6,13-14H,4,7-12H2,(H,23,24,26). The van der Waals surface area contributed by atoms with Crippen molar-refractivity contribution in [3.8, 4) is 10.6 Å². The molecule has 5 nitrogen and oxygen atoms in total. The van der Waals surface area contributed by atoms with Crippen molar-refractivity contribution in [3.05, 3.63) is 52.0 Å². The molecule has 0 atom stereocenters. The third-order valence-electron chi connectivity index (χ3n) is 5.47. The summed E-state index contributed by atoms with van der Waals surface area (Å²) in [4.78, 5) is 25.3. The molecule has 1 saturated carbocycles. The number of fused-ring (bicyclic) bond motifs is 1. The van der Waals surface area contributed by atoms with E-state index in [2.05, 4.69) is 32.7 Å². The number of rotatable bonds is 5. The van der Waals surface area contributed by atoms with Crippen LogP contribution in [0.1, 0.15) is 35.5 Å². The van der Waals surface area contributed by atoms with Gasteiger partial charge in [-0.3, -0.25) is 9.69 Å². The van der Waals surface area contributed by atoms with Crippen LogP contribution in [0, 0.1) is 5.92 Å². The van der Waals surface area contributed by atoms with Gasteiger partial charge in [0.1, 0.15) is 5.01 Å². The summed E-state index contributed by atoms with van der Waals surface area (Å²) in [6.45, 7) is 2.71. The minimum absolute atomic E-state index is 0.144. The Hall–Kier alpha value is -2.09. The lowest BCUT2D eigenvalue weighted by molar-refractivity contribution is -0.122. The summed E-state index contributed by atoms with van der Waals surface area (Å²) in [5, 5.41) is 7.03. The predicted molar refractivity (Wildman–Crippen MR) is 113 cm³/mol. The Morgan fingerprint density at radius 2 is 2.07 bits per heavy atom. The fourth-order valence-electron chi connectivity index (χ4n) is 3.64. The number of hydrogen-bond acceptors (Lipinski definition) is 6. The second-order valence-corrected chi connectivity index (χ2v) is 9.42. The molecule has 7 heteroatoms. The molecule has 3 aromatic rings. The van der Waals surface area contributed by atoms with Crippen LogP contribution in [0.25, 0.3) is 10.6 Å². The highest BCUT2D eigenvalue weighted by atomic mass is 32.1. The van der Waals surface area contributed by atoms with Crippen LogP contribution in [0.3, 0.4) is 0 Å². The molecule has 0 spiro atoms. The number of hydrogen-bond donors (Lipinski definition) is 1. The monoisotopic (exact) mass is 410 g/mol.